The largest absolute Gasteiger partial charge is 0.392 e. The Morgan fingerprint density at radius 3 is 1.92 bits per heavy atom. The van der Waals surface area contributed by atoms with Gasteiger partial charge < -0.3 is 5.11 Å². The van der Waals surface area contributed by atoms with Gasteiger partial charge in [0.05, 0.1) is 6.10 Å². The number of aliphatic hydroxyl groups excluding tert-OH is 1. The minimum absolute atomic E-state index is 0.237. The molecule has 0 aromatic rings. The Labute approximate surface area is 76.6 Å². The first-order valence-corrected chi connectivity index (χ1v) is 4.94. The third-order valence-corrected chi connectivity index (χ3v) is 2.37. The van der Waals surface area contributed by atoms with E-state index in [9.17, 15) is 5.11 Å². The van der Waals surface area contributed by atoms with Crippen molar-refractivity contribution in [2.24, 2.45) is 0 Å². The highest BCUT2D eigenvalue weighted by Crippen LogP contribution is 2.09. The van der Waals surface area contributed by atoms with Crippen molar-refractivity contribution in [3.63, 3.8) is 0 Å². The van der Waals surface area contributed by atoms with Gasteiger partial charge in [-0.15, -0.1) is 0 Å². The van der Waals surface area contributed by atoms with E-state index in [0.29, 0.717) is 6.04 Å². The molecule has 0 fully saturated rings. The normalized spacial score (nSPS) is 17.0. The van der Waals surface area contributed by atoms with Gasteiger partial charge in [-0.3, -0.25) is 4.90 Å². The van der Waals surface area contributed by atoms with E-state index >= 15 is 0 Å². The fraction of sp³-hybridized carbons (Fsp3) is 1.00. The Morgan fingerprint density at radius 1 is 1.17 bits per heavy atom. The van der Waals surface area contributed by atoms with E-state index in [1.165, 1.54) is 0 Å². The molecule has 2 heteroatoms. The molecule has 0 saturated heterocycles. The molecule has 0 aromatic carbocycles. The van der Waals surface area contributed by atoms with E-state index < -0.39 is 0 Å². The Hall–Kier alpha value is -0.0800. The highest BCUT2D eigenvalue weighted by Gasteiger charge is 2.19. The molecule has 0 rings (SSSR count). The lowest BCUT2D eigenvalue weighted by molar-refractivity contribution is 0.0519. The predicted molar refractivity (Wildman–Crippen MR) is 53.3 cm³/mol. The van der Waals surface area contributed by atoms with Crippen molar-refractivity contribution in [2.45, 2.75) is 59.2 Å². The summed E-state index contributed by atoms with van der Waals surface area (Å²) in [5, 5.41) is 9.43. The number of hydrogen-bond acceptors (Lipinski definition) is 2. The van der Waals surface area contributed by atoms with Gasteiger partial charge in [-0.2, -0.15) is 0 Å². The van der Waals surface area contributed by atoms with Crippen LogP contribution in [0.3, 0.4) is 0 Å². The standard InChI is InChI=1S/C10H23NO/c1-6-7-11(8(2)3)9(4)10(5)12/h8-10,12H,6-7H2,1-5H3. The Balaban J connectivity index is 4.09. The molecule has 1 N–H and O–H groups in total. The third-order valence-electron chi connectivity index (χ3n) is 2.37. The number of nitrogens with zero attached hydrogens (tertiary/aromatic N) is 1. The number of aliphatic hydroxyl groups is 1. The van der Waals surface area contributed by atoms with Gasteiger partial charge in [0, 0.05) is 12.1 Å². The van der Waals surface area contributed by atoms with Gasteiger partial charge in [0.25, 0.3) is 0 Å². The van der Waals surface area contributed by atoms with Crippen molar-refractivity contribution in [3.8, 4) is 0 Å². The highest BCUT2D eigenvalue weighted by atomic mass is 16.3. The zero-order valence-electron chi connectivity index (χ0n) is 9.04. The van der Waals surface area contributed by atoms with E-state index in [4.69, 9.17) is 0 Å². The Bertz CT molecular complexity index is 112. The second kappa shape index (κ2) is 5.55. The van der Waals surface area contributed by atoms with Crippen molar-refractivity contribution in [3.05, 3.63) is 0 Å². The van der Waals surface area contributed by atoms with Crippen LogP contribution in [0.25, 0.3) is 0 Å². The summed E-state index contributed by atoms with van der Waals surface area (Å²) < 4.78 is 0. The first-order valence-electron chi connectivity index (χ1n) is 4.94. The number of rotatable bonds is 5. The molecule has 12 heavy (non-hydrogen) atoms. The molecule has 0 heterocycles. The van der Waals surface area contributed by atoms with Gasteiger partial charge in [-0.25, -0.2) is 0 Å². The van der Waals surface area contributed by atoms with Gasteiger partial charge in [-0.05, 0) is 40.7 Å². The van der Waals surface area contributed by atoms with E-state index in [-0.39, 0.29) is 12.1 Å². The molecule has 0 aliphatic carbocycles. The average molecular weight is 173 g/mol. The Morgan fingerprint density at radius 2 is 1.67 bits per heavy atom. The maximum Gasteiger partial charge on any atom is 0.0664 e. The van der Waals surface area contributed by atoms with Gasteiger partial charge in [-0.1, -0.05) is 6.92 Å². The lowest BCUT2D eigenvalue weighted by Gasteiger charge is -2.34. The maximum absolute atomic E-state index is 9.43. The van der Waals surface area contributed by atoms with Crippen LogP contribution in [0.2, 0.25) is 0 Å². The van der Waals surface area contributed by atoms with E-state index in [1.807, 2.05) is 6.92 Å². The fourth-order valence-corrected chi connectivity index (χ4v) is 1.47. The van der Waals surface area contributed by atoms with Crippen LogP contribution < -0.4 is 0 Å². The zero-order chi connectivity index (χ0) is 9.72. The van der Waals surface area contributed by atoms with E-state index in [1.54, 1.807) is 0 Å². The molecule has 0 aliphatic heterocycles. The fourth-order valence-electron chi connectivity index (χ4n) is 1.47. The first-order chi connectivity index (χ1) is 5.50. The molecule has 0 aromatic heterocycles. The van der Waals surface area contributed by atoms with Crippen LogP contribution in [0.4, 0.5) is 0 Å². The van der Waals surface area contributed by atoms with Crippen LogP contribution >= 0.6 is 0 Å². The van der Waals surface area contributed by atoms with Crippen LogP contribution in [0.1, 0.15) is 41.0 Å². The monoisotopic (exact) mass is 173 g/mol. The van der Waals surface area contributed by atoms with Crippen LogP contribution in [0.15, 0.2) is 0 Å². The summed E-state index contributed by atoms with van der Waals surface area (Å²) in [6.07, 6.45) is 0.911. The summed E-state index contributed by atoms with van der Waals surface area (Å²) in [6.45, 7) is 11.5. The average Bonchev–Trinajstić information content (AvgIpc) is 1.98. The third kappa shape index (κ3) is 3.55. The molecule has 0 bridgehead atoms. The zero-order valence-corrected chi connectivity index (χ0v) is 9.04. The highest BCUT2D eigenvalue weighted by molar-refractivity contribution is 4.74. The van der Waals surface area contributed by atoms with Gasteiger partial charge in [0.1, 0.15) is 0 Å². The SMILES string of the molecule is CCCN(C(C)C)C(C)C(C)O. The summed E-state index contributed by atoms with van der Waals surface area (Å²) in [5.41, 5.74) is 0. The molecule has 0 radical (unpaired) electrons. The number of hydrogen-bond donors (Lipinski definition) is 1. The summed E-state index contributed by atoms with van der Waals surface area (Å²) in [7, 11) is 0. The molecule has 2 nitrogen and oxygen atoms in total. The van der Waals surface area contributed by atoms with Crippen LogP contribution in [-0.4, -0.2) is 34.7 Å². The molecule has 0 aliphatic rings. The van der Waals surface area contributed by atoms with Gasteiger partial charge in [0.2, 0.25) is 0 Å². The minimum Gasteiger partial charge on any atom is -0.392 e. The molecular formula is C10H23NO. The first kappa shape index (κ1) is 11.9. The lowest BCUT2D eigenvalue weighted by Crippen LogP contribution is -2.44. The molecule has 0 saturated carbocycles. The van der Waals surface area contributed by atoms with Gasteiger partial charge in [0.15, 0.2) is 0 Å². The molecule has 0 spiro atoms. The van der Waals surface area contributed by atoms with Crippen LogP contribution in [0.5, 0.6) is 0 Å². The summed E-state index contributed by atoms with van der Waals surface area (Å²) in [5.74, 6) is 0. The minimum atomic E-state index is -0.237. The smallest absolute Gasteiger partial charge is 0.0664 e. The molecule has 2 unspecified atom stereocenters. The molecule has 0 amide bonds. The molecule has 2 atom stereocenters. The maximum atomic E-state index is 9.43. The predicted octanol–water partition coefficient (Wildman–Crippen LogP) is 1.88. The van der Waals surface area contributed by atoms with Crippen molar-refractivity contribution >= 4 is 0 Å². The topological polar surface area (TPSA) is 23.5 Å². The van der Waals surface area contributed by atoms with Crippen LogP contribution in [-0.2, 0) is 0 Å². The quantitative estimate of drug-likeness (QED) is 0.686. The lowest BCUT2D eigenvalue weighted by atomic mass is 10.1. The summed E-state index contributed by atoms with van der Waals surface area (Å²) in [4.78, 5) is 2.34. The van der Waals surface area contributed by atoms with E-state index in [2.05, 4.69) is 32.6 Å². The van der Waals surface area contributed by atoms with Crippen molar-refractivity contribution < 1.29 is 5.11 Å². The second-order valence-corrected chi connectivity index (χ2v) is 3.81. The molecular weight excluding hydrogens is 150 g/mol. The van der Waals surface area contributed by atoms with Crippen LogP contribution in [0, 0.1) is 0 Å². The van der Waals surface area contributed by atoms with Crippen molar-refractivity contribution in [1.29, 1.82) is 0 Å². The molecule has 74 valence electrons. The van der Waals surface area contributed by atoms with Crippen molar-refractivity contribution in [2.75, 3.05) is 6.54 Å². The van der Waals surface area contributed by atoms with Crippen molar-refractivity contribution in [1.82, 2.24) is 4.90 Å². The summed E-state index contributed by atoms with van der Waals surface area (Å²) >= 11 is 0. The van der Waals surface area contributed by atoms with Gasteiger partial charge >= 0.3 is 0 Å². The summed E-state index contributed by atoms with van der Waals surface area (Å²) in [6, 6.07) is 0.791. The van der Waals surface area contributed by atoms with E-state index in [0.717, 1.165) is 13.0 Å². The Kier molecular flexibility index (Phi) is 5.51. The second-order valence-electron chi connectivity index (χ2n) is 3.81.